The van der Waals surface area contributed by atoms with Gasteiger partial charge in [0.2, 0.25) is 5.89 Å². The molecule has 176 valence electrons. The molecule has 2 aliphatic rings. The van der Waals surface area contributed by atoms with E-state index in [1.165, 1.54) is 12.1 Å². The molecule has 9 nitrogen and oxygen atoms in total. The maximum Gasteiger partial charge on any atom is 0.416 e. The fourth-order valence-corrected chi connectivity index (χ4v) is 4.61. The van der Waals surface area contributed by atoms with Crippen molar-refractivity contribution in [2.45, 2.75) is 56.5 Å². The number of amides is 1. The average Bonchev–Trinajstić information content (AvgIpc) is 3.37. The molecule has 2 aliphatic carbocycles. The fraction of sp³-hybridized carbons (Fsp3) is 0.476. The molecule has 0 bridgehead atoms. The summed E-state index contributed by atoms with van der Waals surface area (Å²) >= 11 is 0. The molecular formula is C21H21F3N4O5. The van der Waals surface area contributed by atoms with Crippen LogP contribution in [0.2, 0.25) is 0 Å². The molecule has 12 heteroatoms. The largest absolute Gasteiger partial charge is 0.490 e. The number of carbonyl (C=O) groups excluding carboxylic acids is 2. The van der Waals surface area contributed by atoms with Gasteiger partial charge in [0.25, 0.3) is 5.91 Å². The molecule has 2 aromatic rings. The van der Waals surface area contributed by atoms with E-state index in [2.05, 4.69) is 10.1 Å². The van der Waals surface area contributed by atoms with Crippen LogP contribution in [0.5, 0.6) is 5.75 Å². The minimum atomic E-state index is -4.45. The molecule has 0 aliphatic heterocycles. The number of nitrogens with one attached hydrogen (secondary N) is 1. The van der Waals surface area contributed by atoms with Crippen LogP contribution in [-0.2, 0) is 22.3 Å². The van der Waals surface area contributed by atoms with Gasteiger partial charge in [-0.1, -0.05) is 6.07 Å². The smallest absolute Gasteiger partial charge is 0.416 e. The highest BCUT2D eigenvalue weighted by Crippen LogP contribution is 2.58. The number of alkyl halides is 3. The van der Waals surface area contributed by atoms with Crippen LogP contribution in [0.15, 0.2) is 40.1 Å². The minimum absolute atomic E-state index is 0.0109. The number of esters is 1. The van der Waals surface area contributed by atoms with Crippen LogP contribution >= 0.6 is 0 Å². The minimum Gasteiger partial charge on any atom is -0.490 e. The second-order valence-electron chi connectivity index (χ2n) is 8.56. The van der Waals surface area contributed by atoms with Gasteiger partial charge in [-0.3, -0.25) is 4.79 Å². The zero-order chi connectivity index (χ0) is 23.9. The molecule has 4 rings (SSSR count). The quantitative estimate of drug-likeness (QED) is 0.466. The second-order valence-corrected chi connectivity index (χ2v) is 8.56. The summed E-state index contributed by atoms with van der Waals surface area (Å²) < 4.78 is 54.6. The third kappa shape index (κ3) is 4.55. The van der Waals surface area contributed by atoms with Gasteiger partial charge in [0, 0.05) is 0 Å². The summed E-state index contributed by atoms with van der Waals surface area (Å²) in [5.41, 5.74) is 10.2. The van der Waals surface area contributed by atoms with Crippen molar-refractivity contribution in [3.05, 3.63) is 47.7 Å². The normalized spacial score (nSPS) is 26.6. The Kier molecular flexibility index (Phi) is 5.62. The first kappa shape index (κ1) is 22.7. The number of benzene rings is 1. The van der Waals surface area contributed by atoms with Crippen molar-refractivity contribution in [1.82, 2.24) is 4.98 Å². The molecule has 1 heterocycles. The van der Waals surface area contributed by atoms with E-state index >= 15 is 0 Å². The Bertz CT molecular complexity index is 1080. The third-order valence-electron chi connectivity index (χ3n) is 6.25. The molecule has 0 saturated heterocycles. The van der Waals surface area contributed by atoms with E-state index in [9.17, 15) is 22.8 Å². The lowest BCUT2D eigenvalue weighted by Gasteiger charge is -2.45. The van der Waals surface area contributed by atoms with E-state index < -0.39 is 29.2 Å². The van der Waals surface area contributed by atoms with Crippen molar-refractivity contribution >= 4 is 11.9 Å². The lowest BCUT2D eigenvalue weighted by molar-refractivity contribution is -0.153. The number of nitrogens with two attached hydrogens (primary N) is 1. The lowest BCUT2D eigenvalue weighted by atomic mass is 9.64. The number of carbonyl (C=O) groups is 2. The number of ether oxygens (including phenoxy) is 2. The molecule has 1 amide bonds. The Balaban J connectivity index is 1.33. The molecule has 2 saturated carbocycles. The van der Waals surface area contributed by atoms with Crippen molar-refractivity contribution in [3.63, 3.8) is 0 Å². The van der Waals surface area contributed by atoms with Gasteiger partial charge in [-0.05, 0) is 55.7 Å². The second kappa shape index (κ2) is 8.16. The van der Waals surface area contributed by atoms with Crippen LogP contribution in [0.3, 0.4) is 0 Å². The van der Waals surface area contributed by atoms with E-state index in [0.29, 0.717) is 25.7 Å². The number of hydrogen-bond acceptors (Lipinski definition) is 8. The van der Waals surface area contributed by atoms with E-state index in [0.717, 1.165) is 18.4 Å². The average molecular weight is 466 g/mol. The highest BCUT2D eigenvalue weighted by molar-refractivity contribution is 5.90. The summed E-state index contributed by atoms with van der Waals surface area (Å²) in [7, 11) is 0. The van der Waals surface area contributed by atoms with Crippen LogP contribution in [0.25, 0.3) is 0 Å². The Morgan fingerprint density at radius 3 is 2.70 bits per heavy atom. The van der Waals surface area contributed by atoms with Crippen LogP contribution in [0.4, 0.5) is 13.2 Å². The predicted molar refractivity (Wildman–Crippen MR) is 104 cm³/mol. The van der Waals surface area contributed by atoms with Gasteiger partial charge in [0.05, 0.1) is 11.7 Å². The van der Waals surface area contributed by atoms with Crippen LogP contribution < -0.4 is 10.5 Å². The monoisotopic (exact) mass is 466 g/mol. The Morgan fingerprint density at radius 1 is 1.30 bits per heavy atom. The zero-order valence-electron chi connectivity index (χ0n) is 17.4. The summed E-state index contributed by atoms with van der Waals surface area (Å²) in [5, 5.41) is 3.57. The molecule has 3 N–H and O–H groups in total. The van der Waals surface area contributed by atoms with Crippen molar-refractivity contribution in [3.8, 4) is 5.75 Å². The number of halogens is 3. The highest BCUT2D eigenvalue weighted by Gasteiger charge is 2.59. The van der Waals surface area contributed by atoms with Crippen LogP contribution in [0.1, 0.15) is 54.0 Å². The van der Waals surface area contributed by atoms with Gasteiger partial charge < -0.3 is 19.6 Å². The molecule has 1 unspecified atom stereocenters. The van der Waals surface area contributed by atoms with E-state index in [-0.39, 0.29) is 41.9 Å². The van der Waals surface area contributed by atoms with Gasteiger partial charge in [-0.25, -0.2) is 15.3 Å². The summed E-state index contributed by atoms with van der Waals surface area (Å²) in [6.07, 6.45) is -1.41. The molecule has 0 radical (unpaired) electrons. The van der Waals surface area contributed by atoms with Crippen LogP contribution in [0, 0.1) is 10.9 Å². The fourth-order valence-electron chi connectivity index (χ4n) is 4.61. The van der Waals surface area contributed by atoms with Crippen LogP contribution in [-0.4, -0.2) is 28.5 Å². The highest BCUT2D eigenvalue weighted by atomic mass is 19.4. The number of hydrogen-bond donors (Lipinski definition) is 2. The Labute approximate surface area is 185 Å². The van der Waals surface area contributed by atoms with Gasteiger partial charge >= 0.3 is 12.1 Å². The van der Waals surface area contributed by atoms with E-state index in [1.54, 1.807) is 0 Å². The van der Waals surface area contributed by atoms with E-state index in [1.807, 2.05) is 0 Å². The SMILES string of the molecule is N=NC1(C(=O)OCc2nc(C(N)=O)co2)CCC2(CC(Oc3cccc(C(F)(F)F)c3)C2)C1. The van der Waals surface area contributed by atoms with E-state index in [4.69, 9.17) is 25.2 Å². The molecule has 2 fully saturated rings. The van der Waals surface area contributed by atoms with Crippen molar-refractivity contribution < 1.29 is 36.7 Å². The van der Waals surface area contributed by atoms with Crippen molar-refractivity contribution in [2.75, 3.05) is 0 Å². The lowest BCUT2D eigenvalue weighted by Crippen LogP contribution is -2.45. The zero-order valence-corrected chi connectivity index (χ0v) is 17.4. The van der Waals surface area contributed by atoms with Gasteiger partial charge in [-0.15, -0.1) is 0 Å². The Morgan fingerprint density at radius 2 is 2.06 bits per heavy atom. The number of rotatable bonds is 7. The molecule has 33 heavy (non-hydrogen) atoms. The summed E-state index contributed by atoms with van der Waals surface area (Å²) in [5.74, 6) is -1.35. The van der Waals surface area contributed by atoms with Gasteiger partial charge in [0.15, 0.2) is 17.8 Å². The van der Waals surface area contributed by atoms with Gasteiger partial charge in [-0.2, -0.15) is 18.3 Å². The summed E-state index contributed by atoms with van der Waals surface area (Å²) in [4.78, 5) is 27.6. The van der Waals surface area contributed by atoms with Crippen molar-refractivity contribution in [2.24, 2.45) is 16.3 Å². The summed E-state index contributed by atoms with van der Waals surface area (Å²) in [6, 6.07) is 4.71. The maximum atomic E-state index is 12.9. The first-order chi connectivity index (χ1) is 15.5. The van der Waals surface area contributed by atoms with Crippen molar-refractivity contribution in [1.29, 1.82) is 5.53 Å². The number of aromatic nitrogens is 1. The maximum absolute atomic E-state index is 12.9. The standard InChI is InChI=1S/C21H21F3N4O5/c22-21(23,24)12-2-1-3-13(6-12)33-14-7-19(8-14)4-5-20(11-19,28-26)18(30)32-10-16-27-15(9-31-16)17(25)29/h1-3,6,9,14,26H,4-5,7-8,10-11H2,(H2,25,29). The molecule has 1 atom stereocenters. The molecule has 1 aromatic carbocycles. The topological polar surface area (TPSA) is 141 Å². The number of primary amides is 1. The summed E-state index contributed by atoms with van der Waals surface area (Å²) in [6.45, 7) is -0.336. The number of oxazole rings is 1. The molecule has 1 aromatic heterocycles. The molecule has 1 spiro atoms. The third-order valence-corrected chi connectivity index (χ3v) is 6.25. The predicted octanol–water partition coefficient (Wildman–Crippen LogP) is 4.02. The molecular weight excluding hydrogens is 445 g/mol. The Hall–Kier alpha value is -3.44. The van der Waals surface area contributed by atoms with Gasteiger partial charge in [0.1, 0.15) is 12.0 Å². The number of nitrogens with zero attached hydrogens (tertiary/aromatic N) is 2. The first-order valence-electron chi connectivity index (χ1n) is 10.2. The first-order valence-corrected chi connectivity index (χ1v) is 10.2.